The zero-order valence-corrected chi connectivity index (χ0v) is 92.6. The summed E-state index contributed by atoms with van der Waals surface area (Å²) in [5.74, 6) is -4.96. The molecule has 0 radical (unpaired) electrons. The number of halogens is 15. The van der Waals surface area contributed by atoms with Crippen LogP contribution < -0.4 is 23.6 Å². The topological polar surface area (TPSA) is 456 Å². The van der Waals surface area contributed by atoms with E-state index in [1.54, 1.807) is 70.3 Å². The molecule has 6 aromatic carbocycles. The third-order valence-corrected chi connectivity index (χ3v) is 39.8. The van der Waals surface area contributed by atoms with E-state index in [2.05, 4.69) is 90.0 Å². The first-order valence-corrected chi connectivity index (χ1v) is 57.9. The molecule has 5 fully saturated rings. The molecule has 8 N–H and O–H groups in total. The number of aryl methyl sites for hydroxylation is 5. The zero-order chi connectivity index (χ0) is 104. The number of hydrogen-bond donors (Lipinski definition) is 8. The Labute approximate surface area is 898 Å². The summed E-state index contributed by atoms with van der Waals surface area (Å²) in [7, 11) is -17.3. The Hall–Kier alpha value is -8.81. The number of hydrogen-bond acceptors (Lipinski definition) is 25. The molecular weight excluding hydrogens is 2570 g/mol. The fourth-order valence-electron chi connectivity index (χ4n) is 16.1. The summed E-state index contributed by atoms with van der Waals surface area (Å²) in [6.07, 6.45) is 7.53. The van der Waals surface area contributed by atoms with Crippen molar-refractivity contribution in [3.05, 3.63) is 270 Å². The summed E-state index contributed by atoms with van der Waals surface area (Å²) >= 11 is 24.2. The summed E-state index contributed by atoms with van der Waals surface area (Å²) in [5, 5.41) is 43.6. The van der Waals surface area contributed by atoms with E-state index in [1.165, 1.54) is 77.2 Å². The van der Waals surface area contributed by atoms with E-state index in [4.69, 9.17) is 32.2 Å². The van der Waals surface area contributed by atoms with Crippen molar-refractivity contribution in [1.82, 2.24) is 59.6 Å². The van der Waals surface area contributed by atoms with E-state index in [-0.39, 0.29) is 200 Å². The van der Waals surface area contributed by atoms with E-state index in [9.17, 15) is 75.0 Å². The largest absolute Gasteiger partial charge is 0.396 e. The van der Waals surface area contributed by atoms with Crippen LogP contribution >= 0.6 is 129 Å². The zero-order valence-electron chi connectivity index (χ0n) is 76.8. The van der Waals surface area contributed by atoms with Gasteiger partial charge in [-0.25, -0.2) is 112 Å². The highest BCUT2D eigenvalue weighted by Gasteiger charge is 2.57. The second kappa shape index (κ2) is 43.3. The second-order valence-electron chi connectivity index (χ2n) is 35.5. The van der Waals surface area contributed by atoms with Gasteiger partial charge in [0.05, 0.1) is 42.3 Å². The van der Waals surface area contributed by atoms with Gasteiger partial charge in [-0.15, -0.1) is 0 Å². The predicted molar refractivity (Wildman–Crippen MR) is 568 cm³/mol. The molecule has 32 nitrogen and oxygen atoms in total. The van der Waals surface area contributed by atoms with Crippen molar-refractivity contribution < 1.29 is 102 Å². The first-order valence-electron chi connectivity index (χ1n) is 44.5. The number of anilines is 5. The molecule has 5 aliphatic rings. The normalized spacial score (nSPS) is 15.1. The summed E-state index contributed by atoms with van der Waals surface area (Å²) in [5.41, 5.74) is 3.84. The molecule has 20 rings (SSSR count). The van der Waals surface area contributed by atoms with Gasteiger partial charge in [-0.2, -0.15) is 10.2 Å². The van der Waals surface area contributed by atoms with Crippen LogP contribution in [0.25, 0.3) is 49.7 Å². The highest BCUT2D eigenvalue weighted by Crippen LogP contribution is 2.51. The van der Waals surface area contributed by atoms with E-state index in [1.807, 2.05) is 102 Å². The molecule has 0 unspecified atom stereocenters. The minimum Gasteiger partial charge on any atom is -0.396 e. The Morgan fingerprint density at radius 2 is 0.814 bits per heavy atom. The molecule has 15 aromatic rings. The van der Waals surface area contributed by atoms with Gasteiger partial charge >= 0.3 is 0 Å². The van der Waals surface area contributed by atoms with Crippen LogP contribution in [0, 0.1) is 88.5 Å². The third kappa shape index (κ3) is 23.5. The monoisotopic (exact) mass is 2650 g/mol. The van der Waals surface area contributed by atoms with Crippen LogP contribution in [0.3, 0.4) is 0 Å². The molecule has 5 saturated carbocycles. The van der Waals surface area contributed by atoms with Gasteiger partial charge in [0.15, 0.2) is 51.5 Å². The average molecular weight is 2650 g/mol. The predicted octanol–water partition coefficient (Wildman–Crippen LogP) is 19.3. The molecule has 5 aliphatic carbocycles. The van der Waals surface area contributed by atoms with Crippen LogP contribution in [0.2, 0.25) is 10.2 Å². The van der Waals surface area contributed by atoms with Gasteiger partial charge in [-0.1, -0.05) is 79.8 Å². The Morgan fingerprint density at radius 3 is 1.21 bits per heavy atom. The quantitative estimate of drug-likeness (QED) is 0.0114. The van der Waals surface area contributed by atoms with Gasteiger partial charge in [0.1, 0.15) is 85.6 Å². The first-order chi connectivity index (χ1) is 68.5. The van der Waals surface area contributed by atoms with Crippen molar-refractivity contribution in [3.8, 4) is 0 Å². The lowest BCUT2D eigenvalue weighted by atomic mass is 9.99. The molecule has 145 heavy (non-hydrogen) atoms. The van der Waals surface area contributed by atoms with Crippen molar-refractivity contribution in [1.29, 1.82) is 0 Å². The van der Waals surface area contributed by atoms with Crippen LogP contribution in [0.15, 0.2) is 129 Å². The molecule has 9 heterocycles. The fraction of sp³-hybridized carbons (Fsp3) is 0.333. The van der Waals surface area contributed by atoms with E-state index in [0.29, 0.717) is 108 Å². The maximum Gasteiger partial charge on any atom is 0.239 e. The first kappa shape index (κ1) is 109. The molecule has 768 valence electrons. The van der Waals surface area contributed by atoms with Crippen molar-refractivity contribution in [3.63, 3.8) is 0 Å². The molecule has 0 spiro atoms. The molecule has 9 aromatic heterocycles. The number of aromatic nitrogens is 12. The molecule has 0 bridgehead atoms. The van der Waals surface area contributed by atoms with Crippen molar-refractivity contribution in [2.45, 2.75) is 168 Å². The van der Waals surface area contributed by atoms with Gasteiger partial charge < -0.3 is 24.4 Å². The number of fused-ring (bicyclic) bond motifs is 5. The minimum absolute atomic E-state index is 0.000334. The number of nitrogens with zero attached hydrogens (tertiary/aromatic N) is 12. The second-order valence-corrected chi connectivity index (χ2v) is 52.3. The lowest BCUT2D eigenvalue weighted by molar-refractivity contribution is 0.282. The fourth-order valence-corrected chi connectivity index (χ4v) is 26.7. The maximum absolute atomic E-state index is 15.5. The number of rotatable bonds is 31. The van der Waals surface area contributed by atoms with Crippen LogP contribution in [0.5, 0.6) is 0 Å². The smallest absolute Gasteiger partial charge is 0.239 e. The molecule has 0 aliphatic heterocycles. The van der Waals surface area contributed by atoms with Crippen molar-refractivity contribution >= 4 is 258 Å². The molecular formula is C93H86BrCl2F8I4N17O15S5. The van der Waals surface area contributed by atoms with E-state index >= 15 is 17.6 Å². The van der Waals surface area contributed by atoms with Crippen molar-refractivity contribution in [2.75, 3.05) is 43.4 Å². The number of sulfonamides is 5. The molecule has 0 amide bonds. The highest BCUT2D eigenvalue weighted by molar-refractivity contribution is 14.1. The van der Waals surface area contributed by atoms with Gasteiger partial charge in [-0.3, -0.25) is 28.3 Å². The van der Waals surface area contributed by atoms with Crippen LogP contribution in [-0.4, -0.2) is 162 Å². The average Bonchev–Trinajstić information content (AvgIpc) is 1.59. The standard InChI is InChI=1S/C20H21F2IN4O3S.C19H18F2IN3O4S.C19H16F2IN3O2S.C18H17BrCl2N4O3S.C17H14F2IN3O3S/c1-11-17-18(25-27(11)2)16(22)14(9-12-3-4-13(23)10-15(12)21)19(24-17)26-31(29,30)20(5-6-20)7-8-28;1-10-16-17(24-29-10)15(21)13(8-11-2-3-12(22)9-14(11)20)18(23-16)25-30(27,28)19(4-5-19)6-7-26;1-10-14-8-17(25-28(26,27)13-4-5-13)15(18(21)19(14)24-9-23-10)6-11-2-3-12(22)7-16(11)20;19-12-2-1-11(14(20)10-12)9-13-16(21)25-15(3-7-22-25)23-17(13)24-29(27,28)18(4-5-18)6-8-26;1-8-15-16(22-26-8)14(19)12(6-9-2-3-10(20)7-13(9)18)17(21-15)23-27(24,25)11-4-5-11/h3-4,10,28H,5-9H2,1-2H3,(H,24,26);2-3,9,26H,4-8H2,1H3,(H,23,25);2-3,7-9,13,25H,4-6H2,1H3;1-3,7,10,26H,4-6,8-9H2,(H,23,24);2-3,7,11H,4-6H2,1H3,(H,21,23). The lowest BCUT2D eigenvalue weighted by Crippen LogP contribution is -2.31. The number of aliphatic hydroxyl groups is 3. The summed E-state index contributed by atoms with van der Waals surface area (Å²) < 4.78 is 272. The van der Waals surface area contributed by atoms with E-state index in [0.717, 1.165) is 13.6 Å². The Kier molecular flexibility index (Phi) is 32.5. The van der Waals surface area contributed by atoms with Gasteiger partial charge in [0.2, 0.25) is 50.1 Å². The highest BCUT2D eigenvalue weighted by atomic mass is 127. The minimum atomic E-state index is -3.96. The Bertz CT molecular complexity index is 8310. The number of pyridine rings is 3. The van der Waals surface area contributed by atoms with E-state index < -0.39 is 121 Å². The number of aliphatic hydroxyl groups excluding tert-OH is 3. The molecule has 52 heteroatoms. The number of nitrogens with one attached hydrogen (secondary N) is 5. The Morgan fingerprint density at radius 1 is 0.441 bits per heavy atom. The molecule has 0 saturated heterocycles. The summed E-state index contributed by atoms with van der Waals surface area (Å²) in [4.78, 5) is 25.4. The number of benzene rings is 6. The SMILES string of the molecule is Cc1c2nc(NS(=O)(=O)C3(CCO)CC3)c(Cc3ccc(I)cc3F)c(F)c2nn1C.Cc1ncnc2c(F)c(Cc3ccc(I)cc3F)c(NS(=O)(=O)C3CC3)cc12.Cc1onc2c(F)c(Cc3ccc(I)cc3F)c(NS(=O)(=O)C3(CCO)CC3)nc12.Cc1onc2c(F)c(Cc3ccc(I)cc3F)c(NS(=O)(=O)C3CC3)nc12.O=S(=O)(Nc1nc2ccnn2c(Cl)c1Cc1ccc(Br)cc1Cl)C1(CCO)CC1. The van der Waals surface area contributed by atoms with Gasteiger partial charge in [0.25, 0.3) is 0 Å². The summed E-state index contributed by atoms with van der Waals surface area (Å²) in [6.45, 7) is 5.73. The Balaban J connectivity index is 0.000000130. The van der Waals surface area contributed by atoms with Gasteiger partial charge in [0, 0.05) is 128 Å². The summed E-state index contributed by atoms with van der Waals surface area (Å²) in [6, 6.07) is 26.9. The van der Waals surface area contributed by atoms with Crippen LogP contribution in [0.1, 0.15) is 162 Å². The third-order valence-electron chi connectivity index (χ3n) is 25.5. The van der Waals surface area contributed by atoms with Crippen molar-refractivity contribution in [2.24, 2.45) is 7.05 Å². The van der Waals surface area contributed by atoms with Crippen LogP contribution in [-0.2, 0) is 89.3 Å². The maximum atomic E-state index is 15.5. The van der Waals surface area contributed by atoms with Gasteiger partial charge in [-0.05, 0) is 296 Å². The lowest BCUT2D eigenvalue weighted by Gasteiger charge is -2.19. The molecule has 0 atom stereocenters. The van der Waals surface area contributed by atoms with Crippen LogP contribution in [0.4, 0.5) is 64.1 Å².